The van der Waals surface area contributed by atoms with Crippen molar-refractivity contribution in [1.29, 1.82) is 0 Å². The third-order valence-corrected chi connectivity index (χ3v) is 12.0. The molecule has 0 radical (unpaired) electrons. The molecule has 12 heteroatoms. The molecule has 4 aromatic carbocycles. The first-order chi connectivity index (χ1) is 30.3. The van der Waals surface area contributed by atoms with Gasteiger partial charge in [0.2, 0.25) is 5.91 Å². The van der Waals surface area contributed by atoms with Crippen molar-refractivity contribution >= 4 is 17.9 Å². The molecule has 2 aliphatic heterocycles. The SMILES string of the molecule is CCN(CC)[C@@H](C(=O)N1CCC[C@H]1c1ncc(-c2ccc(C#Cc3ccc(-c4cnc([C@@H]5CCCN5C(=O)[C@H](NC(=O)OC)c5ccccc5)[nH]4)cc3)cc2)[nH]1)c1ccccc1. The predicted molar refractivity (Wildman–Crippen MR) is 238 cm³/mol. The molecule has 3 N–H and O–H groups in total. The number of benzene rings is 4. The van der Waals surface area contributed by atoms with Gasteiger partial charge in [-0.3, -0.25) is 14.5 Å². The Morgan fingerprint density at radius 3 is 1.63 bits per heavy atom. The Kier molecular flexibility index (Phi) is 12.9. The van der Waals surface area contributed by atoms with Gasteiger partial charge in [-0.05, 0) is 85.3 Å². The highest BCUT2D eigenvalue weighted by Crippen LogP contribution is 2.36. The zero-order valence-corrected chi connectivity index (χ0v) is 35.4. The molecule has 316 valence electrons. The first kappa shape index (κ1) is 41.8. The van der Waals surface area contributed by atoms with Crippen LogP contribution in [0.2, 0.25) is 0 Å². The molecular formula is C50H52N8O4. The summed E-state index contributed by atoms with van der Waals surface area (Å²) in [6, 6.07) is 33.8. The Bertz CT molecular complexity index is 2520. The molecule has 8 rings (SSSR count). The van der Waals surface area contributed by atoms with Gasteiger partial charge in [0.1, 0.15) is 23.7 Å². The number of aromatic amines is 2. The van der Waals surface area contributed by atoms with Crippen LogP contribution in [-0.4, -0.2) is 85.8 Å². The number of nitrogens with zero attached hydrogens (tertiary/aromatic N) is 5. The molecule has 0 bridgehead atoms. The van der Waals surface area contributed by atoms with Gasteiger partial charge in [-0.25, -0.2) is 14.8 Å². The summed E-state index contributed by atoms with van der Waals surface area (Å²) >= 11 is 0. The number of nitrogens with one attached hydrogen (secondary N) is 3. The van der Waals surface area contributed by atoms with Crippen molar-refractivity contribution in [2.45, 2.75) is 63.7 Å². The molecule has 12 nitrogen and oxygen atoms in total. The lowest BCUT2D eigenvalue weighted by Gasteiger charge is -2.34. The Morgan fingerprint density at radius 1 is 0.694 bits per heavy atom. The van der Waals surface area contributed by atoms with E-state index in [9.17, 15) is 14.4 Å². The summed E-state index contributed by atoms with van der Waals surface area (Å²) in [5, 5.41) is 2.71. The van der Waals surface area contributed by atoms with Crippen LogP contribution in [-0.2, 0) is 14.3 Å². The first-order valence-corrected chi connectivity index (χ1v) is 21.5. The van der Waals surface area contributed by atoms with E-state index in [1.807, 2.05) is 120 Å². The molecule has 3 amide bonds. The third-order valence-electron chi connectivity index (χ3n) is 12.0. The van der Waals surface area contributed by atoms with Crippen LogP contribution in [0, 0.1) is 11.8 Å². The Labute approximate surface area is 362 Å². The molecule has 2 fully saturated rings. The summed E-state index contributed by atoms with van der Waals surface area (Å²) in [5.74, 6) is 8.00. The molecule has 6 aromatic rings. The average molecular weight is 829 g/mol. The molecule has 0 spiro atoms. The second-order valence-electron chi connectivity index (χ2n) is 15.7. The molecular weight excluding hydrogens is 777 g/mol. The van der Waals surface area contributed by atoms with Crippen LogP contribution in [0.1, 0.15) is 97.6 Å². The van der Waals surface area contributed by atoms with Crippen molar-refractivity contribution in [3.05, 3.63) is 155 Å². The van der Waals surface area contributed by atoms with E-state index in [-0.39, 0.29) is 29.9 Å². The maximum absolute atomic E-state index is 14.2. The zero-order chi connectivity index (χ0) is 43.0. The van der Waals surface area contributed by atoms with Gasteiger partial charge in [-0.15, -0.1) is 0 Å². The lowest BCUT2D eigenvalue weighted by atomic mass is 10.0. The molecule has 2 aliphatic rings. The van der Waals surface area contributed by atoms with Crippen LogP contribution >= 0.6 is 0 Å². The summed E-state index contributed by atoms with van der Waals surface area (Å²) in [4.78, 5) is 62.8. The van der Waals surface area contributed by atoms with Gasteiger partial charge >= 0.3 is 6.09 Å². The summed E-state index contributed by atoms with van der Waals surface area (Å²) in [6.07, 6.45) is 6.36. The molecule has 4 atom stereocenters. The van der Waals surface area contributed by atoms with E-state index in [0.29, 0.717) is 24.5 Å². The fourth-order valence-electron chi connectivity index (χ4n) is 8.71. The van der Waals surface area contributed by atoms with Gasteiger partial charge in [-0.2, -0.15) is 0 Å². The summed E-state index contributed by atoms with van der Waals surface area (Å²) in [5.41, 5.74) is 7.16. The van der Waals surface area contributed by atoms with Crippen molar-refractivity contribution in [1.82, 2.24) is 40.0 Å². The summed E-state index contributed by atoms with van der Waals surface area (Å²) < 4.78 is 4.83. The Hall–Kier alpha value is -6.97. The number of hydrogen-bond acceptors (Lipinski definition) is 7. The van der Waals surface area contributed by atoms with E-state index in [1.165, 1.54) is 7.11 Å². The minimum absolute atomic E-state index is 0.102. The topological polar surface area (TPSA) is 140 Å². The van der Waals surface area contributed by atoms with Crippen molar-refractivity contribution in [2.24, 2.45) is 0 Å². The number of H-pyrrole nitrogens is 2. The van der Waals surface area contributed by atoms with E-state index >= 15 is 0 Å². The number of ether oxygens (including phenoxy) is 1. The number of aromatic nitrogens is 4. The number of carbonyl (C=O) groups excluding carboxylic acids is 3. The molecule has 62 heavy (non-hydrogen) atoms. The first-order valence-electron chi connectivity index (χ1n) is 21.5. The van der Waals surface area contributed by atoms with E-state index in [4.69, 9.17) is 14.7 Å². The lowest BCUT2D eigenvalue weighted by molar-refractivity contribution is -0.138. The fraction of sp³-hybridized carbons (Fsp3) is 0.300. The number of rotatable bonds is 12. The lowest BCUT2D eigenvalue weighted by Crippen LogP contribution is -2.43. The van der Waals surface area contributed by atoms with Gasteiger partial charge in [0.15, 0.2) is 0 Å². The Balaban J connectivity index is 0.905. The van der Waals surface area contributed by atoms with Gasteiger partial charge in [0.25, 0.3) is 5.91 Å². The highest BCUT2D eigenvalue weighted by molar-refractivity contribution is 5.87. The second-order valence-corrected chi connectivity index (χ2v) is 15.7. The van der Waals surface area contributed by atoms with E-state index in [1.54, 1.807) is 11.1 Å². The van der Waals surface area contributed by atoms with Gasteiger partial charge < -0.3 is 29.8 Å². The van der Waals surface area contributed by atoms with Crippen LogP contribution in [0.5, 0.6) is 0 Å². The monoisotopic (exact) mass is 828 g/mol. The van der Waals surface area contributed by atoms with Crippen molar-refractivity contribution in [3.8, 4) is 34.4 Å². The van der Waals surface area contributed by atoms with Gasteiger partial charge in [0, 0.05) is 24.2 Å². The van der Waals surface area contributed by atoms with Gasteiger partial charge in [-0.1, -0.05) is 111 Å². The smallest absolute Gasteiger partial charge is 0.407 e. The highest BCUT2D eigenvalue weighted by Gasteiger charge is 2.39. The number of amides is 3. The quantitative estimate of drug-likeness (QED) is 0.105. The standard InChI is InChI=1S/C50H52N8O4/c1-4-56(5-2)45(39-16-10-7-11-17-39)49(60)58-31-13-19-43(58)47-52-33-41(54-47)37-28-24-35(25-29-37)21-20-34-22-26-36(27-23-34)40-32-51-46(53-40)42-18-12-30-57(42)48(59)44(55-50(61)62-3)38-14-8-6-9-15-38/h6-11,14-17,22-29,32-33,42-45H,4-5,12-13,18-19,30-31H2,1-3H3,(H,51,53)(H,52,54)(H,55,61)/t42-,43-,44+,45+/m0/s1. The van der Waals surface area contributed by atoms with Gasteiger partial charge in [0.05, 0.1) is 43.0 Å². The molecule has 2 saturated heterocycles. The number of likely N-dealkylation sites (N-methyl/N-ethyl adjacent to an activating group) is 1. The van der Waals surface area contributed by atoms with Crippen LogP contribution in [0.15, 0.2) is 122 Å². The molecule has 0 unspecified atom stereocenters. The molecule has 4 heterocycles. The maximum atomic E-state index is 14.2. The summed E-state index contributed by atoms with van der Waals surface area (Å²) in [7, 11) is 1.28. The fourth-order valence-corrected chi connectivity index (χ4v) is 8.71. The number of hydrogen-bond donors (Lipinski definition) is 3. The van der Waals surface area contributed by atoms with E-state index in [0.717, 1.165) is 83.8 Å². The Morgan fingerprint density at radius 2 is 1.16 bits per heavy atom. The van der Waals surface area contributed by atoms with E-state index in [2.05, 4.69) is 45.9 Å². The predicted octanol–water partition coefficient (Wildman–Crippen LogP) is 8.37. The third kappa shape index (κ3) is 9.04. The number of imidazole rings is 2. The highest BCUT2D eigenvalue weighted by atomic mass is 16.5. The minimum Gasteiger partial charge on any atom is -0.453 e. The van der Waals surface area contributed by atoms with E-state index < -0.39 is 12.1 Å². The van der Waals surface area contributed by atoms with Crippen molar-refractivity contribution < 1.29 is 19.1 Å². The zero-order valence-electron chi connectivity index (χ0n) is 35.4. The largest absolute Gasteiger partial charge is 0.453 e. The van der Waals surface area contributed by atoms with Crippen LogP contribution in [0.4, 0.5) is 4.79 Å². The maximum Gasteiger partial charge on any atom is 0.407 e. The number of carbonyl (C=O) groups is 3. The normalized spacial score (nSPS) is 17.0. The average Bonchev–Trinajstić information content (AvgIpc) is 4.17. The van der Waals surface area contributed by atoms with Crippen molar-refractivity contribution in [3.63, 3.8) is 0 Å². The van der Waals surface area contributed by atoms with Crippen LogP contribution in [0.3, 0.4) is 0 Å². The molecule has 0 aliphatic carbocycles. The minimum atomic E-state index is -0.876. The second kappa shape index (κ2) is 19.2. The van der Waals surface area contributed by atoms with Crippen LogP contribution < -0.4 is 5.32 Å². The number of likely N-dealkylation sites (tertiary alicyclic amines) is 2. The molecule has 0 saturated carbocycles. The number of alkyl carbamates (subject to hydrolysis) is 1. The number of methoxy groups -OCH3 is 1. The van der Waals surface area contributed by atoms with Crippen molar-refractivity contribution in [2.75, 3.05) is 33.3 Å². The molecule has 2 aromatic heterocycles. The summed E-state index contributed by atoms with van der Waals surface area (Å²) in [6.45, 7) is 7.06. The van der Waals surface area contributed by atoms with Crippen LogP contribution in [0.25, 0.3) is 22.5 Å².